The van der Waals surface area contributed by atoms with Crippen LogP contribution in [0.25, 0.3) is 21.5 Å². The largest absolute Gasteiger partial charge is 0.326 e. The van der Waals surface area contributed by atoms with E-state index in [-0.39, 0.29) is 12.4 Å². The average molecular weight is 244 g/mol. The summed E-state index contributed by atoms with van der Waals surface area (Å²) in [4.78, 5) is 0. The molecule has 0 bridgehead atoms. The first-order valence-corrected chi connectivity index (χ1v) is 5.49. The van der Waals surface area contributed by atoms with Gasteiger partial charge in [-0.25, -0.2) is 0 Å². The normalized spacial score (nSPS) is 10.4. The van der Waals surface area contributed by atoms with E-state index in [1.54, 1.807) is 0 Å². The lowest BCUT2D eigenvalue weighted by Crippen LogP contribution is -1.98. The molecule has 0 amide bonds. The summed E-state index contributed by atoms with van der Waals surface area (Å²) in [6.07, 6.45) is 0. The van der Waals surface area contributed by atoms with Crippen molar-refractivity contribution in [3.8, 4) is 0 Å². The van der Waals surface area contributed by atoms with Crippen LogP contribution in [0.2, 0.25) is 0 Å². The summed E-state index contributed by atoms with van der Waals surface area (Å²) in [7, 11) is 0. The molecule has 2 N–H and O–H groups in total. The van der Waals surface area contributed by atoms with E-state index in [1.807, 2.05) is 0 Å². The van der Waals surface area contributed by atoms with Gasteiger partial charge in [-0.15, -0.1) is 12.4 Å². The Morgan fingerprint density at radius 2 is 1.24 bits per heavy atom. The molecule has 0 aromatic heterocycles. The zero-order valence-corrected chi connectivity index (χ0v) is 10.2. The van der Waals surface area contributed by atoms with Gasteiger partial charge in [-0.3, -0.25) is 0 Å². The van der Waals surface area contributed by atoms with Crippen molar-refractivity contribution in [1.82, 2.24) is 0 Å². The zero-order valence-electron chi connectivity index (χ0n) is 9.39. The van der Waals surface area contributed by atoms with Crippen molar-refractivity contribution in [2.24, 2.45) is 5.73 Å². The van der Waals surface area contributed by atoms with Crippen LogP contribution in [0.5, 0.6) is 0 Å². The molecule has 86 valence electrons. The van der Waals surface area contributed by atoms with Gasteiger partial charge < -0.3 is 5.73 Å². The maximum Gasteiger partial charge on any atom is 0.0190 e. The van der Waals surface area contributed by atoms with E-state index in [0.717, 1.165) is 0 Å². The third-order valence-electron chi connectivity index (χ3n) is 3.09. The van der Waals surface area contributed by atoms with Crippen molar-refractivity contribution in [1.29, 1.82) is 0 Å². The molecule has 3 rings (SSSR count). The zero-order chi connectivity index (χ0) is 11.0. The number of hydrogen-bond acceptors (Lipinski definition) is 1. The fourth-order valence-corrected chi connectivity index (χ4v) is 2.33. The molecule has 0 heterocycles. The van der Waals surface area contributed by atoms with Crippen LogP contribution in [0.15, 0.2) is 54.6 Å². The Morgan fingerprint density at radius 3 is 1.71 bits per heavy atom. The first-order valence-electron chi connectivity index (χ1n) is 5.49. The van der Waals surface area contributed by atoms with Crippen LogP contribution in [-0.4, -0.2) is 0 Å². The number of fused-ring (bicyclic) bond motifs is 2. The Bertz CT molecular complexity index is 607. The van der Waals surface area contributed by atoms with Crippen LogP contribution in [-0.2, 0) is 6.54 Å². The SMILES string of the molecule is Cl.NCc1c2ccccc2cc2ccccc12. The van der Waals surface area contributed by atoms with Crippen molar-refractivity contribution >= 4 is 34.0 Å². The second-order valence-electron chi connectivity index (χ2n) is 4.00. The highest BCUT2D eigenvalue weighted by atomic mass is 35.5. The van der Waals surface area contributed by atoms with Gasteiger partial charge in [0, 0.05) is 6.54 Å². The average Bonchev–Trinajstić information content (AvgIpc) is 2.36. The number of benzene rings is 3. The summed E-state index contributed by atoms with van der Waals surface area (Å²) in [5.74, 6) is 0. The number of nitrogens with two attached hydrogens (primary N) is 1. The van der Waals surface area contributed by atoms with Crippen molar-refractivity contribution in [2.45, 2.75) is 6.54 Å². The highest BCUT2D eigenvalue weighted by Crippen LogP contribution is 2.27. The van der Waals surface area contributed by atoms with Crippen LogP contribution >= 0.6 is 12.4 Å². The molecule has 0 atom stereocenters. The Labute approximate surface area is 107 Å². The van der Waals surface area contributed by atoms with Gasteiger partial charge in [-0.05, 0) is 33.2 Å². The van der Waals surface area contributed by atoms with Gasteiger partial charge >= 0.3 is 0 Å². The minimum atomic E-state index is 0. The molecule has 0 fully saturated rings. The number of rotatable bonds is 1. The standard InChI is InChI=1S/C15H13N.ClH/c16-10-15-13-7-3-1-5-11(13)9-12-6-2-4-8-14(12)15;/h1-9H,10,16H2;1H. The van der Waals surface area contributed by atoms with E-state index in [1.165, 1.54) is 27.1 Å². The molecule has 0 aliphatic heterocycles. The predicted molar refractivity (Wildman–Crippen MR) is 76.6 cm³/mol. The summed E-state index contributed by atoms with van der Waals surface area (Å²) in [6.45, 7) is 0.585. The Balaban J connectivity index is 0.00000108. The van der Waals surface area contributed by atoms with Gasteiger partial charge in [0.2, 0.25) is 0 Å². The molecular weight excluding hydrogens is 230 g/mol. The lowest BCUT2D eigenvalue weighted by molar-refractivity contribution is 1.10. The molecule has 0 aliphatic carbocycles. The van der Waals surface area contributed by atoms with Crippen LogP contribution < -0.4 is 5.73 Å². The van der Waals surface area contributed by atoms with E-state index in [9.17, 15) is 0 Å². The minimum absolute atomic E-state index is 0. The predicted octanol–water partition coefficient (Wildman–Crippen LogP) is 3.87. The van der Waals surface area contributed by atoms with E-state index >= 15 is 0 Å². The molecule has 3 aromatic rings. The number of hydrogen-bond donors (Lipinski definition) is 1. The second kappa shape index (κ2) is 4.74. The Morgan fingerprint density at radius 1 is 0.765 bits per heavy atom. The Kier molecular flexibility index (Phi) is 3.32. The van der Waals surface area contributed by atoms with E-state index in [4.69, 9.17) is 5.73 Å². The number of halogens is 1. The summed E-state index contributed by atoms with van der Waals surface area (Å²) in [5.41, 5.74) is 7.13. The monoisotopic (exact) mass is 243 g/mol. The molecular formula is C15H14ClN. The third-order valence-corrected chi connectivity index (χ3v) is 3.09. The molecule has 2 heteroatoms. The molecule has 0 radical (unpaired) electrons. The van der Waals surface area contributed by atoms with Gasteiger partial charge in [0.25, 0.3) is 0 Å². The topological polar surface area (TPSA) is 26.0 Å². The highest BCUT2D eigenvalue weighted by Gasteiger charge is 2.04. The molecule has 0 saturated carbocycles. The summed E-state index contributed by atoms with van der Waals surface area (Å²) in [5, 5.41) is 5.07. The second-order valence-corrected chi connectivity index (χ2v) is 4.00. The van der Waals surface area contributed by atoms with Crippen LogP contribution in [0.4, 0.5) is 0 Å². The van der Waals surface area contributed by atoms with Gasteiger partial charge in [0.05, 0.1) is 0 Å². The van der Waals surface area contributed by atoms with Gasteiger partial charge in [-0.2, -0.15) is 0 Å². The smallest absolute Gasteiger partial charge is 0.0190 e. The van der Waals surface area contributed by atoms with E-state index < -0.39 is 0 Å². The molecule has 0 unspecified atom stereocenters. The quantitative estimate of drug-likeness (QED) is 0.645. The van der Waals surface area contributed by atoms with Crippen molar-refractivity contribution < 1.29 is 0 Å². The van der Waals surface area contributed by atoms with Gasteiger partial charge in [-0.1, -0.05) is 48.5 Å². The summed E-state index contributed by atoms with van der Waals surface area (Å²) in [6, 6.07) is 19.1. The van der Waals surface area contributed by atoms with E-state index in [2.05, 4.69) is 54.6 Å². The lowest BCUT2D eigenvalue weighted by atomic mass is 9.97. The molecule has 17 heavy (non-hydrogen) atoms. The fourth-order valence-electron chi connectivity index (χ4n) is 2.33. The maximum absolute atomic E-state index is 5.88. The maximum atomic E-state index is 5.88. The Hall–Kier alpha value is -1.57. The molecule has 1 nitrogen and oxygen atoms in total. The van der Waals surface area contributed by atoms with Crippen LogP contribution in [0, 0.1) is 0 Å². The fraction of sp³-hybridized carbons (Fsp3) is 0.0667. The van der Waals surface area contributed by atoms with Crippen molar-refractivity contribution in [3.63, 3.8) is 0 Å². The van der Waals surface area contributed by atoms with Gasteiger partial charge in [0.1, 0.15) is 0 Å². The first-order chi connectivity index (χ1) is 7.90. The first kappa shape index (κ1) is 11.9. The van der Waals surface area contributed by atoms with Crippen LogP contribution in [0.1, 0.15) is 5.56 Å². The molecule has 0 saturated heterocycles. The van der Waals surface area contributed by atoms with Crippen LogP contribution in [0.3, 0.4) is 0 Å². The lowest BCUT2D eigenvalue weighted by Gasteiger charge is -2.09. The van der Waals surface area contributed by atoms with E-state index in [0.29, 0.717) is 6.54 Å². The summed E-state index contributed by atoms with van der Waals surface area (Å²) >= 11 is 0. The third kappa shape index (κ3) is 1.88. The highest BCUT2D eigenvalue weighted by molar-refractivity contribution is 6.02. The molecule has 0 spiro atoms. The molecule has 3 aromatic carbocycles. The molecule has 0 aliphatic rings. The minimum Gasteiger partial charge on any atom is -0.326 e. The van der Waals surface area contributed by atoms with Crippen molar-refractivity contribution in [3.05, 3.63) is 60.2 Å². The van der Waals surface area contributed by atoms with Crippen molar-refractivity contribution in [2.75, 3.05) is 0 Å². The summed E-state index contributed by atoms with van der Waals surface area (Å²) < 4.78 is 0. The van der Waals surface area contributed by atoms with Gasteiger partial charge in [0.15, 0.2) is 0 Å².